The van der Waals surface area contributed by atoms with Crippen molar-refractivity contribution >= 4 is 48.4 Å². The van der Waals surface area contributed by atoms with Crippen LogP contribution in [0.3, 0.4) is 0 Å². The van der Waals surface area contributed by atoms with E-state index in [2.05, 4.69) is 15.9 Å². The maximum atomic E-state index is 11.5. The van der Waals surface area contributed by atoms with E-state index in [4.69, 9.17) is 0 Å². The molecule has 6 heteroatoms. The molecule has 0 fully saturated rings. The molecule has 1 aromatic rings. The number of alkyl halides is 2. The smallest absolute Gasteiger partial charge is 0.206 e. The van der Waals surface area contributed by atoms with Crippen LogP contribution < -0.4 is 0 Å². The van der Waals surface area contributed by atoms with Gasteiger partial charge in [0.15, 0.2) is 9.84 Å². The molecule has 90 valence electrons. The molecular formula is C10H12BrIO3S. The third kappa shape index (κ3) is 2.96. The lowest BCUT2D eigenvalue weighted by Crippen LogP contribution is -2.31. The largest absolute Gasteiger partial charge is 0.385 e. The van der Waals surface area contributed by atoms with E-state index in [1.807, 2.05) is 13.0 Å². The van der Waals surface area contributed by atoms with E-state index < -0.39 is 17.6 Å². The fourth-order valence-electron chi connectivity index (χ4n) is 1.24. The third-order valence-corrected chi connectivity index (χ3v) is 8.57. The van der Waals surface area contributed by atoms with Crippen molar-refractivity contribution in [3.63, 3.8) is 0 Å². The number of hydrogen-bond donors (Lipinski definition) is 1. The Hall–Kier alpha value is 0.340. The topological polar surface area (TPSA) is 54.4 Å². The second kappa shape index (κ2) is 4.91. The Bertz CT molecular complexity index is 485. The van der Waals surface area contributed by atoms with Crippen molar-refractivity contribution in [2.45, 2.75) is 14.7 Å². The minimum absolute atomic E-state index is 0.580. The van der Waals surface area contributed by atoms with Gasteiger partial charge in [0.2, 0.25) is 1.66 Å². The van der Waals surface area contributed by atoms with Gasteiger partial charge in [-0.2, -0.15) is 0 Å². The van der Waals surface area contributed by atoms with Crippen LogP contribution in [-0.4, -0.2) is 21.4 Å². The van der Waals surface area contributed by atoms with E-state index in [-0.39, 0.29) is 0 Å². The van der Waals surface area contributed by atoms with Crippen LogP contribution in [-0.2, 0) is 9.84 Å². The zero-order valence-corrected chi connectivity index (χ0v) is 13.4. The van der Waals surface area contributed by atoms with Gasteiger partial charge in [-0.1, -0.05) is 45.8 Å². The molecule has 0 heterocycles. The molecule has 3 nitrogen and oxygen atoms in total. The van der Waals surface area contributed by atoms with E-state index in [0.29, 0.717) is 5.56 Å². The Morgan fingerprint density at radius 1 is 1.50 bits per heavy atom. The highest BCUT2D eigenvalue weighted by Crippen LogP contribution is 2.44. The average Bonchev–Trinajstić information content (AvgIpc) is 2.14. The van der Waals surface area contributed by atoms with Crippen LogP contribution in [0.5, 0.6) is 0 Å². The van der Waals surface area contributed by atoms with Crippen molar-refractivity contribution in [2.24, 2.45) is 0 Å². The SMILES string of the molecule is Cc1cccc([C@H](O)[C@](Br)(I)S(C)(=O)=O)c1. The second-order valence-corrected chi connectivity index (χ2v) is 11.5. The summed E-state index contributed by atoms with van der Waals surface area (Å²) in [6.07, 6.45) is -0.0179. The Morgan fingerprint density at radius 2 is 2.06 bits per heavy atom. The number of aliphatic hydroxyl groups excluding tert-OH is 1. The van der Waals surface area contributed by atoms with Crippen LogP contribution in [0.1, 0.15) is 17.2 Å². The van der Waals surface area contributed by atoms with Gasteiger partial charge in [-0.05, 0) is 35.1 Å². The standard InChI is InChI=1S/C10H12BrIO3S/c1-7-4-3-5-8(6-7)9(13)10(11,12)16(2,14)15/h3-6,9,13H,1-2H3/t9-,10-/m0/s1. The number of hydrogen-bond acceptors (Lipinski definition) is 3. The Kier molecular flexibility index (Phi) is 4.42. The maximum absolute atomic E-state index is 11.5. The summed E-state index contributed by atoms with van der Waals surface area (Å²) in [4.78, 5) is 0. The van der Waals surface area contributed by atoms with Crippen LogP contribution in [0.25, 0.3) is 0 Å². The molecule has 0 aliphatic heterocycles. The van der Waals surface area contributed by atoms with Crippen LogP contribution in [0, 0.1) is 6.92 Å². The van der Waals surface area contributed by atoms with Gasteiger partial charge in [-0.25, -0.2) is 8.42 Å². The first-order chi connectivity index (χ1) is 7.16. The summed E-state index contributed by atoms with van der Waals surface area (Å²) in [5.74, 6) is 0. The van der Waals surface area contributed by atoms with Gasteiger partial charge in [-0.3, -0.25) is 0 Å². The molecule has 0 aliphatic rings. The normalized spacial score (nSPS) is 17.8. The molecule has 0 aliphatic carbocycles. The molecule has 1 N–H and O–H groups in total. The monoisotopic (exact) mass is 418 g/mol. The maximum Gasteiger partial charge on any atom is 0.206 e. The lowest BCUT2D eigenvalue weighted by atomic mass is 10.1. The molecule has 0 radical (unpaired) electrons. The number of halogens is 2. The molecule has 2 atom stereocenters. The van der Waals surface area contributed by atoms with Gasteiger partial charge >= 0.3 is 0 Å². The molecule has 1 rings (SSSR count). The van der Waals surface area contributed by atoms with Crippen molar-refractivity contribution < 1.29 is 13.5 Å². The Labute approximate surface area is 117 Å². The van der Waals surface area contributed by atoms with Crippen LogP contribution in [0.4, 0.5) is 0 Å². The van der Waals surface area contributed by atoms with Gasteiger partial charge in [0.25, 0.3) is 0 Å². The molecule has 0 aromatic heterocycles. The van der Waals surface area contributed by atoms with Gasteiger partial charge in [-0.15, -0.1) is 0 Å². The van der Waals surface area contributed by atoms with Crippen molar-refractivity contribution in [1.29, 1.82) is 0 Å². The predicted molar refractivity (Wildman–Crippen MR) is 76.7 cm³/mol. The van der Waals surface area contributed by atoms with E-state index >= 15 is 0 Å². The first-order valence-corrected chi connectivity index (χ1v) is 8.24. The first-order valence-electron chi connectivity index (χ1n) is 4.48. The molecule has 0 bridgehead atoms. The molecule has 0 saturated carbocycles. The quantitative estimate of drug-likeness (QED) is 0.606. The van der Waals surface area contributed by atoms with E-state index in [1.165, 1.54) is 0 Å². The third-order valence-electron chi connectivity index (χ3n) is 2.17. The van der Waals surface area contributed by atoms with E-state index in [9.17, 15) is 13.5 Å². The minimum Gasteiger partial charge on any atom is -0.385 e. The van der Waals surface area contributed by atoms with Gasteiger partial charge in [0.05, 0.1) is 0 Å². The molecule has 0 saturated heterocycles. The number of sulfone groups is 1. The molecular weight excluding hydrogens is 407 g/mol. The van der Waals surface area contributed by atoms with Gasteiger partial charge in [0, 0.05) is 6.26 Å². The van der Waals surface area contributed by atoms with Crippen molar-refractivity contribution in [2.75, 3.05) is 6.26 Å². The summed E-state index contributed by atoms with van der Waals surface area (Å²) in [5.41, 5.74) is 1.56. The molecule has 0 spiro atoms. The fraction of sp³-hybridized carbons (Fsp3) is 0.400. The van der Waals surface area contributed by atoms with Gasteiger partial charge < -0.3 is 5.11 Å². The summed E-state index contributed by atoms with van der Waals surface area (Å²) >= 11 is 4.78. The molecule has 0 unspecified atom stereocenters. The minimum atomic E-state index is -3.41. The molecule has 0 amide bonds. The van der Waals surface area contributed by atoms with E-state index in [0.717, 1.165) is 11.8 Å². The summed E-state index contributed by atoms with van der Waals surface area (Å²) < 4.78 is 21.7. The lowest BCUT2D eigenvalue weighted by molar-refractivity contribution is 0.191. The number of aliphatic hydroxyl groups is 1. The average molecular weight is 419 g/mol. The number of benzene rings is 1. The Balaban J connectivity index is 3.17. The van der Waals surface area contributed by atoms with E-state index in [1.54, 1.807) is 40.8 Å². The zero-order valence-electron chi connectivity index (χ0n) is 8.81. The first kappa shape index (κ1) is 14.4. The van der Waals surface area contributed by atoms with Crippen LogP contribution in [0.2, 0.25) is 0 Å². The number of rotatable bonds is 3. The highest BCUT2D eigenvalue weighted by atomic mass is 127. The molecule has 16 heavy (non-hydrogen) atoms. The number of aryl methyl sites for hydroxylation is 1. The predicted octanol–water partition coefficient (Wildman–Crippen LogP) is 2.56. The van der Waals surface area contributed by atoms with Crippen molar-refractivity contribution in [1.82, 2.24) is 0 Å². The highest BCUT2D eigenvalue weighted by Gasteiger charge is 2.43. The summed E-state index contributed by atoms with van der Waals surface area (Å²) in [6, 6.07) is 7.15. The second-order valence-electron chi connectivity index (χ2n) is 3.65. The molecule has 1 aromatic carbocycles. The van der Waals surface area contributed by atoms with Crippen molar-refractivity contribution in [3.05, 3.63) is 35.4 Å². The van der Waals surface area contributed by atoms with Crippen molar-refractivity contribution in [3.8, 4) is 0 Å². The van der Waals surface area contributed by atoms with Crippen LogP contribution >= 0.6 is 38.5 Å². The summed E-state index contributed by atoms with van der Waals surface area (Å²) in [7, 11) is -3.41. The van der Waals surface area contributed by atoms with Gasteiger partial charge in [0.1, 0.15) is 6.10 Å². The zero-order chi connectivity index (χ0) is 12.6. The Morgan fingerprint density at radius 3 is 2.50 bits per heavy atom. The highest BCUT2D eigenvalue weighted by molar-refractivity contribution is 14.1. The summed E-state index contributed by atoms with van der Waals surface area (Å²) in [5, 5.41) is 10.1. The summed E-state index contributed by atoms with van der Waals surface area (Å²) in [6.45, 7) is 1.89. The lowest BCUT2D eigenvalue weighted by Gasteiger charge is -2.25. The van der Waals surface area contributed by atoms with Crippen LogP contribution in [0.15, 0.2) is 24.3 Å². The fourth-order valence-corrected chi connectivity index (χ4v) is 2.40.